The number of methoxy groups -OCH3 is 1. The minimum absolute atomic E-state index is 0.0389. The van der Waals surface area contributed by atoms with Crippen LogP contribution in [-0.2, 0) is 9.53 Å². The quantitative estimate of drug-likeness (QED) is 0.554. The van der Waals surface area contributed by atoms with E-state index in [0.717, 1.165) is 12.8 Å². The van der Waals surface area contributed by atoms with Crippen LogP contribution in [0.4, 0.5) is 0 Å². The Morgan fingerprint density at radius 1 is 1.67 bits per heavy atom. The summed E-state index contributed by atoms with van der Waals surface area (Å²) in [7, 11) is 1.37. The highest BCUT2D eigenvalue weighted by molar-refractivity contribution is 5.75. The van der Waals surface area contributed by atoms with E-state index in [2.05, 4.69) is 10.1 Å². The lowest BCUT2D eigenvalue weighted by atomic mass is 10.2. The Bertz CT molecular complexity index is 127. The maximum Gasteiger partial charge on any atom is 0.322 e. The van der Waals surface area contributed by atoms with Gasteiger partial charge < -0.3 is 15.2 Å². The predicted octanol–water partition coefficient (Wildman–Crippen LogP) is -0.0900. The third-order valence-corrected chi connectivity index (χ3v) is 1.57. The Morgan fingerprint density at radius 3 is 2.75 bits per heavy atom. The Kier molecular flexibility index (Phi) is 6.70. The summed E-state index contributed by atoms with van der Waals surface area (Å²) in [6.45, 7) is 2.47. The van der Waals surface area contributed by atoms with Gasteiger partial charge in [-0.05, 0) is 6.42 Å². The van der Waals surface area contributed by atoms with Gasteiger partial charge in [0, 0.05) is 6.54 Å². The molecule has 0 fully saturated rings. The predicted molar refractivity (Wildman–Crippen MR) is 45.8 cm³/mol. The molecule has 0 spiro atoms. The smallest absolute Gasteiger partial charge is 0.322 e. The average molecular weight is 175 g/mol. The van der Waals surface area contributed by atoms with Gasteiger partial charge in [-0.2, -0.15) is 0 Å². The van der Waals surface area contributed by atoms with Crippen LogP contribution in [0, 0.1) is 0 Å². The fourth-order valence-corrected chi connectivity index (χ4v) is 0.973. The van der Waals surface area contributed by atoms with Crippen LogP contribution < -0.4 is 5.32 Å². The summed E-state index contributed by atoms with van der Waals surface area (Å²) >= 11 is 0. The lowest BCUT2D eigenvalue weighted by Gasteiger charge is -2.14. The average Bonchev–Trinajstić information content (AvgIpc) is 2.11. The molecular formula is C8H17NO3. The highest BCUT2D eigenvalue weighted by atomic mass is 16.5. The van der Waals surface area contributed by atoms with Crippen molar-refractivity contribution in [3.63, 3.8) is 0 Å². The molecule has 0 aliphatic rings. The summed E-state index contributed by atoms with van der Waals surface area (Å²) in [4.78, 5) is 11.0. The second kappa shape index (κ2) is 7.06. The van der Waals surface area contributed by atoms with Crippen LogP contribution >= 0.6 is 0 Å². The number of aliphatic hydroxyl groups is 1. The zero-order valence-electron chi connectivity index (χ0n) is 7.67. The first-order valence-corrected chi connectivity index (χ1v) is 4.18. The lowest BCUT2D eigenvalue weighted by molar-refractivity contribution is -0.143. The maximum absolute atomic E-state index is 11.0. The number of esters is 1. The molecular weight excluding hydrogens is 158 g/mol. The van der Waals surface area contributed by atoms with Gasteiger partial charge >= 0.3 is 5.97 Å². The molecule has 0 saturated carbocycles. The van der Waals surface area contributed by atoms with Crippen molar-refractivity contribution in [3.8, 4) is 0 Å². The Labute approximate surface area is 72.9 Å². The van der Waals surface area contributed by atoms with Crippen LogP contribution in [-0.4, -0.2) is 37.4 Å². The molecule has 12 heavy (non-hydrogen) atoms. The number of hydrogen-bond donors (Lipinski definition) is 2. The van der Waals surface area contributed by atoms with E-state index in [1.807, 2.05) is 6.92 Å². The molecule has 72 valence electrons. The molecule has 1 unspecified atom stereocenters. The van der Waals surface area contributed by atoms with Crippen molar-refractivity contribution in [2.75, 3.05) is 20.3 Å². The van der Waals surface area contributed by atoms with Gasteiger partial charge in [-0.15, -0.1) is 0 Å². The number of aliphatic hydroxyl groups excluding tert-OH is 1. The largest absolute Gasteiger partial charge is 0.468 e. The zero-order chi connectivity index (χ0) is 9.40. The number of ether oxygens (including phenoxy) is 1. The first-order valence-electron chi connectivity index (χ1n) is 4.18. The van der Waals surface area contributed by atoms with Crippen molar-refractivity contribution in [2.45, 2.75) is 25.8 Å². The minimum Gasteiger partial charge on any atom is -0.468 e. The molecule has 0 aromatic carbocycles. The van der Waals surface area contributed by atoms with Crippen LogP contribution in [0.15, 0.2) is 0 Å². The highest BCUT2D eigenvalue weighted by Crippen LogP contribution is 1.97. The van der Waals surface area contributed by atoms with E-state index in [1.54, 1.807) is 0 Å². The molecule has 0 aromatic heterocycles. The van der Waals surface area contributed by atoms with Gasteiger partial charge in [0.15, 0.2) is 0 Å². The molecule has 4 nitrogen and oxygen atoms in total. The summed E-state index contributed by atoms with van der Waals surface area (Å²) in [5, 5.41) is 11.4. The first-order chi connectivity index (χ1) is 5.76. The first kappa shape index (κ1) is 11.4. The van der Waals surface area contributed by atoms with E-state index < -0.39 is 0 Å². The second-order valence-corrected chi connectivity index (χ2v) is 2.54. The molecule has 0 aromatic rings. The number of carbonyl (C=O) groups is 1. The molecule has 0 aliphatic carbocycles. The SMILES string of the molecule is CCCC(NCCO)C(=O)OC. The van der Waals surface area contributed by atoms with Crippen molar-refractivity contribution < 1.29 is 14.6 Å². The monoisotopic (exact) mass is 175 g/mol. The van der Waals surface area contributed by atoms with E-state index >= 15 is 0 Å². The van der Waals surface area contributed by atoms with E-state index in [1.165, 1.54) is 7.11 Å². The van der Waals surface area contributed by atoms with E-state index in [0.29, 0.717) is 6.54 Å². The number of carbonyl (C=O) groups excluding carboxylic acids is 1. The third kappa shape index (κ3) is 4.31. The fourth-order valence-electron chi connectivity index (χ4n) is 0.973. The fraction of sp³-hybridized carbons (Fsp3) is 0.875. The van der Waals surface area contributed by atoms with E-state index in [-0.39, 0.29) is 18.6 Å². The molecule has 0 bridgehead atoms. The summed E-state index contributed by atoms with van der Waals surface area (Å²) in [6, 6.07) is -0.271. The highest BCUT2D eigenvalue weighted by Gasteiger charge is 2.16. The standard InChI is InChI=1S/C8H17NO3/c1-3-4-7(8(11)12-2)9-5-6-10/h7,9-10H,3-6H2,1-2H3. The van der Waals surface area contributed by atoms with Gasteiger partial charge in [0.2, 0.25) is 0 Å². The number of rotatable bonds is 6. The Hall–Kier alpha value is -0.610. The molecule has 2 N–H and O–H groups in total. The molecule has 4 heteroatoms. The van der Waals surface area contributed by atoms with Crippen molar-refractivity contribution in [3.05, 3.63) is 0 Å². The van der Waals surface area contributed by atoms with Crippen molar-refractivity contribution in [1.82, 2.24) is 5.32 Å². The molecule has 1 atom stereocenters. The van der Waals surface area contributed by atoms with E-state index in [9.17, 15) is 4.79 Å². The molecule has 0 radical (unpaired) electrons. The number of nitrogens with one attached hydrogen (secondary N) is 1. The molecule has 0 rings (SSSR count). The topological polar surface area (TPSA) is 58.6 Å². The van der Waals surface area contributed by atoms with Crippen molar-refractivity contribution in [1.29, 1.82) is 0 Å². The van der Waals surface area contributed by atoms with Crippen LogP contribution in [0.25, 0.3) is 0 Å². The van der Waals surface area contributed by atoms with Gasteiger partial charge in [0.25, 0.3) is 0 Å². The molecule has 0 heterocycles. The molecule has 0 amide bonds. The van der Waals surface area contributed by atoms with Crippen LogP contribution in [0.5, 0.6) is 0 Å². The summed E-state index contributed by atoms with van der Waals surface area (Å²) < 4.78 is 4.58. The summed E-state index contributed by atoms with van der Waals surface area (Å²) in [5.74, 6) is -0.259. The summed E-state index contributed by atoms with van der Waals surface area (Å²) in [6.07, 6.45) is 1.66. The molecule has 0 aliphatic heterocycles. The molecule has 0 saturated heterocycles. The summed E-state index contributed by atoms with van der Waals surface area (Å²) in [5.41, 5.74) is 0. The van der Waals surface area contributed by atoms with Gasteiger partial charge in [-0.25, -0.2) is 0 Å². The normalized spacial score (nSPS) is 12.6. The number of hydrogen-bond acceptors (Lipinski definition) is 4. The van der Waals surface area contributed by atoms with Gasteiger partial charge in [0.05, 0.1) is 13.7 Å². The minimum atomic E-state index is -0.271. The lowest BCUT2D eigenvalue weighted by Crippen LogP contribution is -2.38. The van der Waals surface area contributed by atoms with Gasteiger partial charge in [0.1, 0.15) is 6.04 Å². The van der Waals surface area contributed by atoms with Crippen LogP contribution in [0.2, 0.25) is 0 Å². The third-order valence-electron chi connectivity index (χ3n) is 1.57. The van der Waals surface area contributed by atoms with Gasteiger partial charge in [-0.1, -0.05) is 13.3 Å². The zero-order valence-corrected chi connectivity index (χ0v) is 7.67. The van der Waals surface area contributed by atoms with E-state index in [4.69, 9.17) is 5.11 Å². The van der Waals surface area contributed by atoms with Crippen LogP contribution in [0.3, 0.4) is 0 Å². The maximum atomic E-state index is 11.0. The Morgan fingerprint density at radius 2 is 2.33 bits per heavy atom. The van der Waals surface area contributed by atoms with Gasteiger partial charge in [-0.3, -0.25) is 4.79 Å². The van der Waals surface area contributed by atoms with Crippen molar-refractivity contribution in [2.24, 2.45) is 0 Å². The second-order valence-electron chi connectivity index (χ2n) is 2.54. The van der Waals surface area contributed by atoms with Crippen molar-refractivity contribution >= 4 is 5.97 Å². The van der Waals surface area contributed by atoms with Crippen LogP contribution in [0.1, 0.15) is 19.8 Å². The Balaban J connectivity index is 3.76.